The Hall–Kier alpha value is -3.88. The second-order valence-corrected chi connectivity index (χ2v) is 7.68. The fourth-order valence-electron chi connectivity index (χ4n) is 3.87. The largest absolute Gasteiger partial charge is 0.467 e. The van der Waals surface area contributed by atoms with Gasteiger partial charge in [-0.05, 0) is 30.5 Å². The predicted octanol–water partition coefficient (Wildman–Crippen LogP) is 0.959. The molecule has 32 heavy (non-hydrogen) atoms. The third-order valence-corrected chi connectivity index (χ3v) is 5.52. The van der Waals surface area contributed by atoms with E-state index in [4.69, 9.17) is 4.42 Å². The predicted molar refractivity (Wildman–Crippen MR) is 116 cm³/mol. The van der Waals surface area contributed by atoms with Crippen LogP contribution in [-0.2, 0) is 29.2 Å². The molecular weight excluding hydrogens is 412 g/mol. The Labute approximate surface area is 183 Å². The first-order valence-corrected chi connectivity index (χ1v) is 10.5. The van der Waals surface area contributed by atoms with Crippen molar-refractivity contribution in [2.45, 2.75) is 38.5 Å². The van der Waals surface area contributed by atoms with Crippen LogP contribution in [0, 0.1) is 0 Å². The zero-order valence-corrected chi connectivity index (χ0v) is 17.5. The molecule has 166 valence electrons. The van der Waals surface area contributed by atoms with Crippen LogP contribution in [0.1, 0.15) is 24.2 Å². The smallest absolute Gasteiger partial charge is 0.331 e. The van der Waals surface area contributed by atoms with E-state index in [1.807, 2.05) is 30.3 Å². The maximum atomic E-state index is 13.0. The van der Waals surface area contributed by atoms with Gasteiger partial charge in [-0.25, -0.2) is 4.79 Å². The molecule has 3 aromatic rings. The van der Waals surface area contributed by atoms with Gasteiger partial charge in [0.2, 0.25) is 11.8 Å². The lowest BCUT2D eigenvalue weighted by Crippen LogP contribution is -2.49. The van der Waals surface area contributed by atoms with E-state index in [2.05, 4.69) is 5.32 Å². The summed E-state index contributed by atoms with van der Waals surface area (Å²) in [5, 5.41) is 2.77. The molecule has 0 saturated carbocycles. The number of carbonyl (C=O) groups is 2. The van der Waals surface area contributed by atoms with E-state index in [1.165, 1.54) is 28.0 Å². The summed E-state index contributed by atoms with van der Waals surface area (Å²) in [7, 11) is 0. The Kier molecular flexibility index (Phi) is 6.34. The van der Waals surface area contributed by atoms with Crippen molar-refractivity contribution in [3.63, 3.8) is 0 Å². The molecule has 1 saturated heterocycles. The van der Waals surface area contributed by atoms with Crippen LogP contribution in [0.15, 0.2) is 75.0 Å². The van der Waals surface area contributed by atoms with E-state index in [0.29, 0.717) is 25.1 Å². The first-order valence-electron chi connectivity index (χ1n) is 10.5. The van der Waals surface area contributed by atoms with Crippen molar-refractivity contribution in [1.29, 1.82) is 0 Å². The Morgan fingerprint density at radius 2 is 1.88 bits per heavy atom. The van der Waals surface area contributed by atoms with Crippen molar-refractivity contribution in [3.05, 3.63) is 93.2 Å². The van der Waals surface area contributed by atoms with Gasteiger partial charge in [0, 0.05) is 18.8 Å². The number of benzene rings is 1. The van der Waals surface area contributed by atoms with Crippen LogP contribution < -0.4 is 16.6 Å². The molecule has 9 heteroatoms. The molecule has 0 bridgehead atoms. The van der Waals surface area contributed by atoms with Crippen LogP contribution in [-0.4, -0.2) is 38.4 Å². The topological polar surface area (TPSA) is 107 Å². The van der Waals surface area contributed by atoms with Gasteiger partial charge in [0.15, 0.2) is 0 Å². The van der Waals surface area contributed by atoms with Gasteiger partial charge in [-0.1, -0.05) is 30.3 Å². The van der Waals surface area contributed by atoms with Gasteiger partial charge in [0.1, 0.15) is 18.3 Å². The van der Waals surface area contributed by atoms with Crippen molar-refractivity contribution in [3.8, 4) is 0 Å². The van der Waals surface area contributed by atoms with Gasteiger partial charge in [0.05, 0.1) is 19.4 Å². The molecule has 1 aliphatic heterocycles. The standard InChI is InChI=1S/C23H24N4O5/c28-20-10-12-25(15-17-6-2-1-3-7-17)23(31)27(20)16-21(29)26-11-4-9-19(26)22(30)24-14-18-8-5-13-32-18/h1-3,5-8,10,12-13,19H,4,9,11,14-16H2,(H,24,30). The van der Waals surface area contributed by atoms with Crippen LogP contribution in [0.25, 0.3) is 0 Å². The summed E-state index contributed by atoms with van der Waals surface area (Å²) in [6.45, 7) is 0.509. The minimum atomic E-state index is -0.636. The van der Waals surface area contributed by atoms with Gasteiger partial charge in [-0.3, -0.25) is 23.5 Å². The van der Waals surface area contributed by atoms with Crippen molar-refractivity contribution in [1.82, 2.24) is 19.4 Å². The molecule has 2 amide bonds. The minimum Gasteiger partial charge on any atom is -0.467 e. The number of furan rings is 1. The number of aromatic nitrogens is 2. The number of rotatable bonds is 7. The zero-order chi connectivity index (χ0) is 22.5. The van der Waals surface area contributed by atoms with Crippen molar-refractivity contribution >= 4 is 11.8 Å². The number of hydrogen-bond acceptors (Lipinski definition) is 5. The van der Waals surface area contributed by atoms with Crippen LogP contribution in [0.4, 0.5) is 0 Å². The van der Waals surface area contributed by atoms with Crippen molar-refractivity contribution in [2.24, 2.45) is 0 Å². The van der Waals surface area contributed by atoms with Gasteiger partial charge >= 0.3 is 5.69 Å². The fourth-order valence-corrected chi connectivity index (χ4v) is 3.87. The van der Waals surface area contributed by atoms with E-state index < -0.39 is 29.7 Å². The number of carbonyl (C=O) groups excluding carboxylic acids is 2. The first kappa shape index (κ1) is 21.4. The molecule has 1 fully saturated rings. The molecule has 1 atom stereocenters. The van der Waals surface area contributed by atoms with Crippen molar-refractivity contribution < 1.29 is 14.0 Å². The molecule has 1 aliphatic rings. The van der Waals surface area contributed by atoms with E-state index in [-0.39, 0.29) is 19.0 Å². The average Bonchev–Trinajstić information content (AvgIpc) is 3.50. The number of likely N-dealkylation sites (tertiary alicyclic amines) is 1. The normalized spacial score (nSPS) is 15.6. The molecule has 1 N–H and O–H groups in total. The first-order chi connectivity index (χ1) is 15.5. The van der Waals surface area contributed by atoms with Gasteiger partial charge in [0.25, 0.3) is 5.56 Å². The summed E-state index contributed by atoms with van der Waals surface area (Å²) in [6, 6.07) is 13.5. The van der Waals surface area contributed by atoms with Crippen molar-refractivity contribution in [2.75, 3.05) is 6.54 Å². The summed E-state index contributed by atoms with van der Waals surface area (Å²) in [6.07, 6.45) is 4.15. The Balaban J connectivity index is 1.46. The fraction of sp³-hybridized carbons (Fsp3) is 0.304. The summed E-state index contributed by atoms with van der Waals surface area (Å²) < 4.78 is 7.52. The number of amides is 2. The average molecular weight is 436 g/mol. The molecule has 2 aromatic heterocycles. The Morgan fingerprint density at radius 1 is 1.06 bits per heavy atom. The Morgan fingerprint density at radius 3 is 2.62 bits per heavy atom. The molecule has 3 heterocycles. The summed E-state index contributed by atoms with van der Waals surface area (Å²) in [5.41, 5.74) is -0.211. The van der Waals surface area contributed by atoms with E-state index in [1.54, 1.807) is 12.1 Å². The van der Waals surface area contributed by atoms with Gasteiger partial charge in [-0.15, -0.1) is 0 Å². The highest BCUT2D eigenvalue weighted by Gasteiger charge is 2.34. The molecule has 0 spiro atoms. The lowest BCUT2D eigenvalue weighted by molar-refractivity contribution is -0.139. The number of nitrogens with zero attached hydrogens (tertiary/aromatic N) is 3. The Bertz CT molecular complexity index is 1200. The van der Waals surface area contributed by atoms with Crippen LogP contribution >= 0.6 is 0 Å². The number of nitrogens with one attached hydrogen (secondary N) is 1. The molecule has 0 aliphatic carbocycles. The molecule has 4 rings (SSSR count). The molecule has 9 nitrogen and oxygen atoms in total. The molecule has 0 radical (unpaired) electrons. The second kappa shape index (κ2) is 9.51. The minimum absolute atomic E-state index is 0.229. The van der Waals surface area contributed by atoms with E-state index in [9.17, 15) is 19.2 Å². The maximum Gasteiger partial charge on any atom is 0.331 e. The third kappa shape index (κ3) is 4.72. The second-order valence-electron chi connectivity index (χ2n) is 7.68. The van der Waals surface area contributed by atoms with Crippen LogP contribution in [0.3, 0.4) is 0 Å². The third-order valence-electron chi connectivity index (χ3n) is 5.52. The SMILES string of the molecule is O=C(NCc1ccco1)C1CCCN1C(=O)Cn1c(=O)ccn(Cc2ccccc2)c1=O. The van der Waals surface area contributed by atoms with Gasteiger partial charge < -0.3 is 14.6 Å². The molecular formula is C23H24N4O5. The van der Waals surface area contributed by atoms with Crippen LogP contribution in [0.5, 0.6) is 0 Å². The van der Waals surface area contributed by atoms with E-state index in [0.717, 1.165) is 10.1 Å². The van der Waals surface area contributed by atoms with E-state index >= 15 is 0 Å². The quantitative estimate of drug-likeness (QED) is 0.594. The van der Waals surface area contributed by atoms with Crippen LogP contribution in [0.2, 0.25) is 0 Å². The zero-order valence-electron chi connectivity index (χ0n) is 17.5. The highest BCUT2D eigenvalue weighted by atomic mass is 16.3. The summed E-state index contributed by atoms with van der Waals surface area (Å²) in [5.74, 6) is -0.101. The summed E-state index contributed by atoms with van der Waals surface area (Å²) >= 11 is 0. The highest BCUT2D eigenvalue weighted by Crippen LogP contribution is 2.18. The molecule has 1 aromatic carbocycles. The summed E-state index contributed by atoms with van der Waals surface area (Å²) in [4.78, 5) is 52.2. The highest BCUT2D eigenvalue weighted by molar-refractivity contribution is 5.88. The lowest BCUT2D eigenvalue weighted by Gasteiger charge is -2.24. The lowest BCUT2D eigenvalue weighted by atomic mass is 10.2. The maximum absolute atomic E-state index is 13.0. The monoisotopic (exact) mass is 436 g/mol. The van der Waals surface area contributed by atoms with Gasteiger partial charge in [-0.2, -0.15) is 0 Å². The number of hydrogen-bond donors (Lipinski definition) is 1. The molecule has 1 unspecified atom stereocenters.